The van der Waals surface area contributed by atoms with Crippen molar-refractivity contribution >= 4 is 5.91 Å². The Balaban J connectivity index is 1.44. The summed E-state index contributed by atoms with van der Waals surface area (Å²) in [6.07, 6.45) is 4.98. The summed E-state index contributed by atoms with van der Waals surface area (Å²) in [4.78, 5) is 18.6. The fourth-order valence-electron chi connectivity index (χ4n) is 6.05. The lowest BCUT2D eigenvalue weighted by Crippen LogP contribution is -2.52. The SMILES string of the molecule is Cc1ccccc1C1CCCCN1[C@@H](C)C(=O)N(Cc1ccccc1F)C1Cc2ccccc2C1. The van der Waals surface area contributed by atoms with Crippen molar-refractivity contribution in [3.63, 3.8) is 0 Å². The highest BCUT2D eigenvalue weighted by molar-refractivity contribution is 5.82. The van der Waals surface area contributed by atoms with E-state index in [4.69, 9.17) is 0 Å². The van der Waals surface area contributed by atoms with E-state index in [1.165, 1.54) is 34.7 Å². The number of fused-ring (bicyclic) bond motifs is 1. The van der Waals surface area contributed by atoms with Crippen LogP contribution in [0.3, 0.4) is 0 Å². The largest absolute Gasteiger partial charge is 0.333 e. The highest BCUT2D eigenvalue weighted by Gasteiger charge is 2.37. The molecule has 1 saturated heterocycles. The molecule has 0 saturated carbocycles. The average molecular weight is 471 g/mol. The van der Waals surface area contributed by atoms with Crippen LogP contribution in [-0.4, -0.2) is 34.3 Å². The zero-order valence-electron chi connectivity index (χ0n) is 20.8. The van der Waals surface area contributed by atoms with Crippen molar-refractivity contribution in [3.8, 4) is 0 Å². The summed E-state index contributed by atoms with van der Waals surface area (Å²) in [5.74, 6) is -0.143. The van der Waals surface area contributed by atoms with Crippen LogP contribution in [0, 0.1) is 12.7 Å². The first-order valence-electron chi connectivity index (χ1n) is 12.9. The fourth-order valence-corrected chi connectivity index (χ4v) is 6.05. The van der Waals surface area contributed by atoms with E-state index in [-0.39, 0.29) is 29.8 Å². The van der Waals surface area contributed by atoms with Gasteiger partial charge in [-0.05, 0) is 74.4 Å². The van der Waals surface area contributed by atoms with Crippen molar-refractivity contribution in [1.29, 1.82) is 0 Å². The van der Waals surface area contributed by atoms with E-state index in [1.54, 1.807) is 12.1 Å². The Morgan fingerprint density at radius 2 is 1.63 bits per heavy atom. The zero-order valence-corrected chi connectivity index (χ0v) is 20.8. The molecule has 4 heteroatoms. The number of rotatable bonds is 6. The summed E-state index contributed by atoms with van der Waals surface area (Å²) >= 11 is 0. The molecule has 1 aliphatic carbocycles. The van der Waals surface area contributed by atoms with Gasteiger partial charge in [0.15, 0.2) is 0 Å². The lowest BCUT2D eigenvalue weighted by atomic mass is 9.91. The summed E-state index contributed by atoms with van der Waals surface area (Å²) < 4.78 is 14.7. The molecule has 0 radical (unpaired) electrons. The van der Waals surface area contributed by atoms with Gasteiger partial charge in [0.2, 0.25) is 5.91 Å². The van der Waals surface area contributed by atoms with Gasteiger partial charge >= 0.3 is 0 Å². The molecule has 3 aromatic rings. The number of benzene rings is 3. The van der Waals surface area contributed by atoms with E-state index in [9.17, 15) is 9.18 Å². The molecule has 3 nitrogen and oxygen atoms in total. The summed E-state index contributed by atoms with van der Waals surface area (Å²) in [5.41, 5.74) is 5.77. The minimum absolute atomic E-state index is 0.0451. The Morgan fingerprint density at radius 3 is 2.34 bits per heavy atom. The van der Waals surface area contributed by atoms with Gasteiger partial charge in [0.1, 0.15) is 5.82 Å². The summed E-state index contributed by atoms with van der Waals surface area (Å²) in [6, 6.07) is 23.9. The molecule has 0 bridgehead atoms. The van der Waals surface area contributed by atoms with Crippen molar-refractivity contribution in [2.75, 3.05) is 6.54 Å². The molecule has 35 heavy (non-hydrogen) atoms. The normalized spacial score (nSPS) is 19.3. The van der Waals surface area contributed by atoms with Gasteiger partial charge in [-0.2, -0.15) is 0 Å². The van der Waals surface area contributed by atoms with Gasteiger partial charge in [0.25, 0.3) is 0 Å². The smallest absolute Gasteiger partial charge is 0.240 e. The first-order valence-corrected chi connectivity index (χ1v) is 12.9. The number of carbonyl (C=O) groups excluding carboxylic acids is 1. The van der Waals surface area contributed by atoms with E-state index in [0.29, 0.717) is 12.1 Å². The summed E-state index contributed by atoms with van der Waals surface area (Å²) in [6.45, 7) is 5.42. The van der Waals surface area contributed by atoms with E-state index in [2.05, 4.69) is 67.3 Å². The first-order chi connectivity index (χ1) is 17.0. The minimum Gasteiger partial charge on any atom is -0.333 e. The van der Waals surface area contributed by atoms with Crippen LogP contribution in [-0.2, 0) is 24.2 Å². The van der Waals surface area contributed by atoms with Crippen molar-refractivity contribution in [2.24, 2.45) is 0 Å². The molecule has 5 rings (SSSR count). The van der Waals surface area contributed by atoms with Gasteiger partial charge in [-0.25, -0.2) is 4.39 Å². The second-order valence-electron chi connectivity index (χ2n) is 10.2. The van der Waals surface area contributed by atoms with Crippen molar-refractivity contribution in [2.45, 2.75) is 70.6 Å². The van der Waals surface area contributed by atoms with Crippen LogP contribution in [0.4, 0.5) is 4.39 Å². The molecule has 0 N–H and O–H groups in total. The maximum atomic E-state index is 14.7. The van der Waals surface area contributed by atoms with Gasteiger partial charge in [-0.3, -0.25) is 9.69 Å². The van der Waals surface area contributed by atoms with Crippen molar-refractivity contribution in [3.05, 3.63) is 106 Å². The molecule has 3 aromatic carbocycles. The number of hydrogen-bond donors (Lipinski definition) is 0. The number of hydrogen-bond acceptors (Lipinski definition) is 2. The Bertz CT molecular complexity index is 1170. The quantitative estimate of drug-likeness (QED) is 0.425. The third-order valence-corrected chi connectivity index (χ3v) is 8.00. The number of amides is 1. The number of carbonyl (C=O) groups is 1. The maximum absolute atomic E-state index is 14.7. The van der Waals surface area contributed by atoms with E-state index in [0.717, 1.165) is 32.2 Å². The second-order valence-corrected chi connectivity index (χ2v) is 10.2. The number of halogens is 1. The molecule has 1 amide bonds. The van der Waals surface area contributed by atoms with Crippen LogP contribution in [0.15, 0.2) is 72.8 Å². The van der Waals surface area contributed by atoms with Gasteiger partial charge in [-0.1, -0.05) is 73.2 Å². The number of nitrogens with zero attached hydrogens (tertiary/aromatic N) is 2. The highest BCUT2D eigenvalue weighted by Crippen LogP contribution is 2.35. The standard InChI is InChI=1S/C31H35FN2O/c1-22-11-3-7-15-28(22)30-17-9-10-18-33(30)23(2)31(35)34(21-26-14-6-8-16-29(26)32)27-19-24-12-4-5-13-25(24)20-27/h3-8,11-16,23,27,30H,9-10,17-21H2,1-2H3/t23-,30?/m0/s1. The fraction of sp³-hybridized carbons (Fsp3) is 0.387. The van der Waals surface area contributed by atoms with Gasteiger partial charge < -0.3 is 4.90 Å². The number of likely N-dealkylation sites (tertiary alicyclic amines) is 1. The second kappa shape index (κ2) is 10.3. The molecular weight excluding hydrogens is 435 g/mol. The van der Waals surface area contributed by atoms with Crippen LogP contribution in [0.2, 0.25) is 0 Å². The van der Waals surface area contributed by atoms with E-state index < -0.39 is 0 Å². The Labute approximate surface area is 208 Å². The molecule has 2 aliphatic rings. The zero-order chi connectivity index (χ0) is 24.4. The van der Waals surface area contributed by atoms with Crippen LogP contribution in [0.1, 0.15) is 60.0 Å². The van der Waals surface area contributed by atoms with E-state index >= 15 is 0 Å². The Morgan fingerprint density at radius 1 is 0.971 bits per heavy atom. The van der Waals surface area contributed by atoms with Crippen molar-refractivity contribution in [1.82, 2.24) is 9.80 Å². The topological polar surface area (TPSA) is 23.6 Å². The predicted octanol–water partition coefficient (Wildman–Crippen LogP) is 6.25. The van der Waals surface area contributed by atoms with Crippen LogP contribution in [0.5, 0.6) is 0 Å². The Kier molecular flexibility index (Phi) is 7.01. The molecule has 2 atom stereocenters. The molecule has 1 heterocycles. The highest BCUT2D eigenvalue weighted by atomic mass is 19.1. The summed E-state index contributed by atoms with van der Waals surface area (Å²) in [7, 11) is 0. The molecule has 0 aromatic heterocycles. The van der Waals surface area contributed by atoms with E-state index in [1.807, 2.05) is 11.0 Å². The molecule has 1 unspecified atom stereocenters. The van der Waals surface area contributed by atoms with Crippen LogP contribution in [0.25, 0.3) is 0 Å². The molecule has 1 aliphatic heterocycles. The molecule has 1 fully saturated rings. The summed E-state index contributed by atoms with van der Waals surface area (Å²) in [5, 5.41) is 0. The van der Waals surface area contributed by atoms with Gasteiger partial charge in [0.05, 0.1) is 6.04 Å². The lowest BCUT2D eigenvalue weighted by Gasteiger charge is -2.42. The minimum atomic E-state index is -0.268. The monoisotopic (exact) mass is 470 g/mol. The van der Waals surface area contributed by atoms with Gasteiger partial charge in [0, 0.05) is 24.2 Å². The molecule has 182 valence electrons. The molecular formula is C31H35FN2O. The predicted molar refractivity (Wildman–Crippen MR) is 139 cm³/mol. The Hall–Kier alpha value is -2.98. The van der Waals surface area contributed by atoms with Crippen LogP contribution >= 0.6 is 0 Å². The number of piperidine rings is 1. The van der Waals surface area contributed by atoms with Crippen molar-refractivity contribution < 1.29 is 9.18 Å². The number of aryl methyl sites for hydroxylation is 1. The lowest BCUT2D eigenvalue weighted by molar-refractivity contribution is -0.141. The third-order valence-electron chi connectivity index (χ3n) is 8.00. The van der Waals surface area contributed by atoms with Crippen LogP contribution < -0.4 is 0 Å². The third kappa shape index (κ3) is 4.90. The molecule has 0 spiro atoms. The average Bonchev–Trinajstić information content (AvgIpc) is 3.32. The first kappa shape index (κ1) is 23.7. The van der Waals surface area contributed by atoms with Gasteiger partial charge in [-0.15, -0.1) is 0 Å². The maximum Gasteiger partial charge on any atom is 0.240 e.